The van der Waals surface area contributed by atoms with Gasteiger partial charge in [-0.3, -0.25) is 9.48 Å². The number of rotatable bonds is 5. The molecule has 0 aliphatic heterocycles. The van der Waals surface area contributed by atoms with E-state index in [-0.39, 0.29) is 5.91 Å². The van der Waals surface area contributed by atoms with Gasteiger partial charge in [-0.15, -0.1) is 0 Å². The summed E-state index contributed by atoms with van der Waals surface area (Å²) < 4.78 is 7.08. The molecular formula is C17H23N3O2. The second kappa shape index (κ2) is 6.64. The van der Waals surface area contributed by atoms with Gasteiger partial charge in [-0.05, 0) is 45.0 Å². The van der Waals surface area contributed by atoms with E-state index in [1.807, 2.05) is 25.6 Å². The molecule has 118 valence electrons. The quantitative estimate of drug-likeness (QED) is 0.853. The van der Waals surface area contributed by atoms with Gasteiger partial charge >= 0.3 is 0 Å². The summed E-state index contributed by atoms with van der Waals surface area (Å²) in [6.45, 7) is 7.49. The van der Waals surface area contributed by atoms with E-state index in [0.717, 1.165) is 29.2 Å². The fraction of sp³-hybridized carbons (Fsp3) is 0.412. The van der Waals surface area contributed by atoms with E-state index in [0.29, 0.717) is 12.1 Å². The van der Waals surface area contributed by atoms with Gasteiger partial charge in [0, 0.05) is 37.0 Å². The third kappa shape index (κ3) is 3.13. The maximum absolute atomic E-state index is 12.5. The Labute approximate surface area is 131 Å². The first kappa shape index (κ1) is 16.1. The molecule has 1 heterocycles. The van der Waals surface area contributed by atoms with Crippen LogP contribution in [0.25, 0.3) is 0 Å². The fourth-order valence-electron chi connectivity index (χ4n) is 2.53. The first-order chi connectivity index (χ1) is 10.5. The summed E-state index contributed by atoms with van der Waals surface area (Å²) in [4.78, 5) is 14.2. The minimum Gasteiger partial charge on any atom is -0.497 e. The standard InChI is InChI=1S/C17H23N3O2/c1-6-20-13(3)16(12(2)18-20)11-19(4)17(21)14-7-9-15(22-5)10-8-14/h7-10H,6,11H2,1-5H3. The Morgan fingerprint density at radius 3 is 2.41 bits per heavy atom. The lowest BCUT2D eigenvalue weighted by Crippen LogP contribution is -2.26. The molecule has 1 aromatic carbocycles. The topological polar surface area (TPSA) is 47.4 Å². The maximum atomic E-state index is 12.5. The molecule has 22 heavy (non-hydrogen) atoms. The van der Waals surface area contributed by atoms with Gasteiger partial charge in [0.25, 0.3) is 5.91 Å². The number of nitrogens with zero attached hydrogens (tertiary/aromatic N) is 3. The summed E-state index contributed by atoms with van der Waals surface area (Å²) in [6.07, 6.45) is 0. The van der Waals surface area contributed by atoms with Gasteiger partial charge in [0.15, 0.2) is 0 Å². The number of aryl methyl sites for hydroxylation is 2. The summed E-state index contributed by atoms with van der Waals surface area (Å²) in [5, 5.41) is 4.50. The molecule has 0 unspecified atom stereocenters. The van der Waals surface area contributed by atoms with Crippen LogP contribution in [-0.2, 0) is 13.1 Å². The van der Waals surface area contributed by atoms with E-state index in [1.54, 1.807) is 36.3 Å². The first-order valence-corrected chi connectivity index (χ1v) is 7.40. The molecule has 0 bridgehead atoms. The fourth-order valence-corrected chi connectivity index (χ4v) is 2.53. The molecule has 0 aliphatic carbocycles. The third-order valence-corrected chi connectivity index (χ3v) is 3.91. The van der Waals surface area contributed by atoms with Crippen LogP contribution >= 0.6 is 0 Å². The molecular weight excluding hydrogens is 278 g/mol. The highest BCUT2D eigenvalue weighted by Gasteiger charge is 2.17. The number of methoxy groups -OCH3 is 1. The summed E-state index contributed by atoms with van der Waals surface area (Å²) in [7, 11) is 3.43. The zero-order valence-electron chi connectivity index (χ0n) is 13.9. The second-order valence-electron chi connectivity index (χ2n) is 5.35. The largest absolute Gasteiger partial charge is 0.497 e. The van der Waals surface area contributed by atoms with E-state index < -0.39 is 0 Å². The van der Waals surface area contributed by atoms with Gasteiger partial charge in [0.05, 0.1) is 12.8 Å². The summed E-state index contributed by atoms with van der Waals surface area (Å²) in [5.74, 6) is 0.737. The molecule has 0 fully saturated rings. The van der Waals surface area contributed by atoms with E-state index >= 15 is 0 Å². The average molecular weight is 301 g/mol. The lowest BCUT2D eigenvalue weighted by molar-refractivity contribution is 0.0784. The van der Waals surface area contributed by atoms with E-state index in [2.05, 4.69) is 12.0 Å². The highest BCUT2D eigenvalue weighted by molar-refractivity contribution is 5.94. The lowest BCUT2D eigenvalue weighted by Gasteiger charge is -2.18. The van der Waals surface area contributed by atoms with Crippen molar-refractivity contribution < 1.29 is 9.53 Å². The maximum Gasteiger partial charge on any atom is 0.253 e. The van der Waals surface area contributed by atoms with Crippen molar-refractivity contribution in [3.8, 4) is 5.75 Å². The van der Waals surface area contributed by atoms with E-state index in [9.17, 15) is 4.79 Å². The molecule has 0 saturated carbocycles. The highest BCUT2D eigenvalue weighted by atomic mass is 16.5. The molecule has 5 heteroatoms. The Hall–Kier alpha value is -2.30. The highest BCUT2D eigenvalue weighted by Crippen LogP contribution is 2.17. The van der Waals surface area contributed by atoms with Crippen molar-refractivity contribution in [3.05, 3.63) is 46.8 Å². The Morgan fingerprint density at radius 2 is 1.91 bits per heavy atom. The van der Waals surface area contributed by atoms with Crippen LogP contribution in [0.5, 0.6) is 5.75 Å². The molecule has 5 nitrogen and oxygen atoms in total. The zero-order chi connectivity index (χ0) is 16.3. The predicted molar refractivity (Wildman–Crippen MR) is 86.2 cm³/mol. The van der Waals surface area contributed by atoms with Gasteiger partial charge in [-0.25, -0.2) is 0 Å². The molecule has 0 radical (unpaired) electrons. The lowest BCUT2D eigenvalue weighted by atomic mass is 10.1. The van der Waals surface area contributed by atoms with Crippen LogP contribution in [0.2, 0.25) is 0 Å². The molecule has 2 rings (SSSR count). The number of hydrogen-bond acceptors (Lipinski definition) is 3. The minimum atomic E-state index is -0.00861. The predicted octanol–water partition coefficient (Wildman–Crippen LogP) is 2.80. The van der Waals surface area contributed by atoms with Crippen molar-refractivity contribution in [2.24, 2.45) is 0 Å². The van der Waals surface area contributed by atoms with Crippen LogP contribution in [-0.4, -0.2) is 34.7 Å². The van der Waals surface area contributed by atoms with Crippen LogP contribution in [0.1, 0.15) is 34.2 Å². The van der Waals surface area contributed by atoms with Crippen LogP contribution in [0.15, 0.2) is 24.3 Å². The number of carbonyl (C=O) groups is 1. The monoisotopic (exact) mass is 301 g/mol. The van der Waals surface area contributed by atoms with E-state index in [4.69, 9.17) is 4.74 Å². The third-order valence-electron chi connectivity index (χ3n) is 3.91. The van der Waals surface area contributed by atoms with Gasteiger partial charge in [0.1, 0.15) is 5.75 Å². The number of hydrogen-bond donors (Lipinski definition) is 0. The summed E-state index contributed by atoms with van der Waals surface area (Å²) in [6, 6.07) is 7.17. The molecule has 1 aromatic heterocycles. The molecule has 0 aliphatic rings. The van der Waals surface area contributed by atoms with Crippen LogP contribution < -0.4 is 4.74 Å². The average Bonchev–Trinajstić information content (AvgIpc) is 2.81. The Balaban J connectivity index is 2.15. The van der Waals surface area contributed by atoms with Gasteiger partial charge in [-0.1, -0.05) is 0 Å². The Bertz CT molecular complexity index is 659. The van der Waals surface area contributed by atoms with Crippen LogP contribution in [0.4, 0.5) is 0 Å². The number of amides is 1. The number of carbonyl (C=O) groups excluding carboxylic acids is 1. The van der Waals surface area contributed by atoms with Crippen molar-refractivity contribution in [1.82, 2.24) is 14.7 Å². The zero-order valence-corrected chi connectivity index (χ0v) is 13.9. The van der Waals surface area contributed by atoms with Crippen molar-refractivity contribution in [3.63, 3.8) is 0 Å². The van der Waals surface area contributed by atoms with Crippen molar-refractivity contribution in [1.29, 1.82) is 0 Å². The normalized spacial score (nSPS) is 10.6. The second-order valence-corrected chi connectivity index (χ2v) is 5.35. The summed E-state index contributed by atoms with van der Waals surface area (Å²) >= 11 is 0. The minimum absolute atomic E-state index is 0.00861. The SMILES string of the molecule is CCn1nc(C)c(CN(C)C(=O)c2ccc(OC)cc2)c1C. The number of benzene rings is 1. The van der Waals surface area contributed by atoms with Crippen molar-refractivity contribution in [2.45, 2.75) is 33.9 Å². The number of aromatic nitrogens is 2. The summed E-state index contributed by atoms with van der Waals surface area (Å²) in [5.41, 5.74) is 3.87. The molecule has 2 aromatic rings. The Morgan fingerprint density at radius 1 is 1.27 bits per heavy atom. The van der Waals surface area contributed by atoms with Crippen molar-refractivity contribution in [2.75, 3.05) is 14.2 Å². The molecule has 0 spiro atoms. The molecule has 1 amide bonds. The Kier molecular flexibility index (Phi) is 4.85. The van der Waals surface area contributed by atoms with Gasteiger partial charge in [0.2, 0.25) is 0 Å². The number of ether oxygens (including phenoxy) is 1. The molecule has 0 N–H and O–H groups in total. The van der Waals surface area contributed by atoms with Gasteiger partial charge < -0.3 is 9.64 Å². The van der Waals surface area contributed by atoms with Crippen LogP contribution in [0.3, 0.4) is 0 Å². The molecule has 0 saturated heterocycles. The van der Waals surface area contributed by atoms with E-state index in [1.165, 1.54) is 0 Å². The van der Waals surface area contributed by atoms with Crippen molar-refractivity contribution >= 4 is 5.91 Å². The first-order valence-electron chi connectivity index (χ1n) is 7.40. The smallest absolute Gasteiger partial charge is 0.253 e. The van der Waals surface area contributed by atoms with Gasteiger partial charge in [-0.2, -0.15) is 5.10 Å². The molecule has 0 atom stereocenters. The van der Waals surface area contributed by atoms with Crippen LogP contribution in [0, 0.1) is 13.8 Å².